The van der Waals surface area contributed by atoms with Crippen LogP contribution in [0.3, 0.4) is 0 Å². The van der Waals surface area contributed by atoms with Crippen molar-refractivity contribution in [2.24, 2.45) is 0 Å². The van der Waals surface area contributed by atoms with Crippen LogP contribution >= 0.6 is 0 Å². The van der Waals surface area contributed by atoms with Crippen molar-refractivity contribution in [3.63, 3.8) is 0 Å². The highest BCUT2D eigenvalue weighted by atomic mass is 16.4. The topological polar surface area (TPSA) is 80.9 Å². The lowest BCUT2D eigenvalue weighted by Gasteiger charge is -2.31. The van der Waals surface area contributed by atoms with Crippen molar-refractivity contribution < 1.29 is 20.4 Å². The second kappa shape index (κ2) is 4.72. The van der Waals surface area contributed by atoms with Crippen LogP contribution in [0, 0.1) is 0 Å². The molecule has 0 radical (unpaired) electrons. The molecule has 3 unspecified atom stereocenters. The SMILES string of the molecule is CC(O)(c1ccccc1)C(O)C(O)CO. The van der Waals surface area contributed by atoms with Crippen molar-refractivity contribution >= 4 is 0 Å². The summed E-state index contributed by atoms with van der Waals surface area (Å²) >= 11 is 0. The van der Waals surface area contributed by atoms with Gasteiger partial charge in [-0.25, -0.2) is 0 Å². The summed E-state index contributed by atoms with van der Waals surface area (Å²) in [5.41, 5.74) is -1.09. The molecule has 0 aliphatic heterocycles. The molecule has 1 rings (SSSR count). The Morgan fingerprint density at radius 3 is 2.20 bits per heavy atom. The summed E-state index contributed by atoms with van der Waals surface area (Å²) in [7, 11) is 0. The van der Waals surface area contributed by atoms with Crippen LogP contribution in [0.5, 0.6) is 0 Å². The summed E-state index contributed by atoms with van der Waals surface area (Å²) in [6, 6.07) is 8.53. The number of benzene rings is 1. The third-order valence-electron chi connectivity index (χ3n) is 2.49. The first-order chi connectivity index (χ1) is 7.00. The Labute approximate surface area is 88.4 Å². The summed E-state index contributed by atoms with van der Waals surface area (Å²) in [5.74, 6) is 0. The Hall–Kier alpha value is -0.940. The summed E-state index contributed by atoms with van der Waals surface area (Å²) in [6.45, 7) is 0.802. The molecule has 0 amide bonds. The third-order valence-corrected chi connectivity index (χ3v) is 2.49. The van der Waals surface area contributed by atoms with Gasteiger partial charge in [0.15, 0.2) is 0 Å². The van der Waals surface area contributed by atoms with Gasteiger partial charge in [0, 0.05) is 0 Å². The van der Waals surface area contributed by atoms with Gasteiger partial charge in [-0.05, 0) is 12.5 Å². The van der Waals surface area contributed by atoms with Gasteiger partial charge in [0.2, 0.25) is 0 Å². The maximum atomic E-state index is 10.0. The van der Waals surface area contributed by atoms with Gasteiger partial charge in [0.1, 0.15) is 17.8 Å². The second-order valence-electron chi connectivity index (χ2n) is 3.71. The van der Waals surface area contributed by atoms with Gasteiger partial charge in [-0.3, -0.25) is 0 Å². The van der Waals surface area contributed by atoms with Crippen LogP contribution in [0.1, 0.15) is 12.5 Å². The molecule has 4 heteroatoms. The largest absolute Gasteiger partial charge is 0.394 e. The Morgan fingerprint density at radius 2 is 1.73 bits per heavy atom. The molecular formula is C11H16O4. The Balaban J connectivity index is 2.92. The maximum absolute atomic E-state index is 10.0. The van der Waals surface area contributed by atoms with Crippen LogP contribution in [0.2, 0.25) is 0 Å². The zero-order valence-corrected chi connectivity index (χ0v) is 8.54. The third kappa shape index (κ3) is 2.54. The lowest BCUT2D eigenvalue weighted by molar-refractivity contribution is -0.131. The highest BCUT2D eigenvalue weighted by Crippen LogP contribution is 2.26. The first-order valence-electron chi connectivity index (χ1n) is 4.75. The molecule has 0 aliphatic rings. The van der Waals surface area contributed by atoms with E-state index in [1.54, 1.807) is 30.3 Å². The van der Waals surface area contributed by atoms with Crippen LogP contribution in [-0.4, -0.2) is 39.2 Å². The molecule has 0 saturated heterocycles. The van der Waals surface area contributed by atoms with E-state index in [2.05, 4.69) is 0 Å². The van der Waals surface area contributed by atoms with Crippen molar-refractivity contribution in [3.8, 4) is 0 Å². The lowest BCUT2D eigenvalue weighted by Crippen LogP contribution is -2.46. The molecule has 4 N–H and O–H groups in total. The van der Waals surface area contributed by atoms with E-state index in [0.29, 0.717) is 5.56 Å². The first kappa shape index (κ1) is 12.1. The molecule has 0 fully saturated rings. The van der Waals surface area contributed by atoms with E-state index in [1.165, 1.54) is 6.92 Å². The van der Waals surface area contributed by atoms with E-state index in [1.807, 2.05) is 0 Å². The Morgan fingerprint density at radius 1 is 1.20 bits per heavy atom. The molecular weight excluding hydrogens is 196 g/mol. The van der Waals surface area contributed by atoms with Gasteiger partial charge in [0.05, 0.1) is 6.61 Å². The van der Waals surface area contributed by atoms with Crippen LogP contribution in [0.4, 0.5) is 0 Å². The monoisotopic (exact) mass is 212 g/mol. The van der Waals surface area contributed by atoms with Crippen LogP contribution in [0.25, 0.3) is 0 Å². The summed E-state index contributed by atoms with van der Waals surface area (Å²) in [4.78, 5) is 0. The molecule has 0 spiro atoms. The fourth-order valence-electron chi connectivity index (χ4n) is 1.42. The molecule has 15 heavy (non-hydrogen) atoms. The van der Waals surface area contributed by atoms with Gasteiger partial charge >= 0.3 is 0 Å². The minimum Gasteiger partial charge on any atom is -0.394 e. The van der Waals surface area contributed by atoms with Crippen LogP contribution < -0.4 is 0 Å². The molecule has 4 nitrogen and oxygen atoms in total. The van der Waals surface area contributed by atoms with Gasteiger partial charge in [0.25, 0.3) is 0 Å². The van der Waals surface area contributed by atoms with E-state index in [4.69, 9.17) is 5.11 Å². The molecule has 0 aliphatic carbocycles. The first-order valence-corrected chi connectivity index (χ1v) is 4.75. The highest BCUT2D eigenvalue weighted by molar-refractivity contribution is 5.23. The van der Waals surface area contributed by atoms with Crippen molar-refractivity contribution in [2.45, 2.75) is 24.7 Å². The smallest absolute Gasteiger partial charge is 0.115 e. The number of rotatable bonds is 4. The minimum atomic E-state index is -1.58. The predicted molar refractivity (Wildman–Crippen MR) is 55.1 cm³/mol. The van der Waals surface area contributed by atoms with Gasteiger partial charge in [-0.2, -0.15) is 0 Å². The Bertz CT molecular complexity index is 297. The van der Waals surface area contributed by atoms with E-state index in [-0.39, 0.29) is 0 Å². The van der Waals surface area contributed by atoms with E-state index >= 15 is 0 Å². The second-order valence-corrected chi connectivity index (χ2v) is 3.71. The Kier molecular flexibility index (Phi) is 3.82. The highest BCUT2D eigenvalue weighted by Gasteiger charge is 2.36. The number of hydrogen-bond acceptors (Lipinski definition) is 4. The average Bonchev–Trinajstić information content (AvgIpc) is 2.28. The van der Waals surface area contributed by atoms with E-state index in [9.17, 15) is 15.3 Å². The zero-order chi connectivity index (χ0) is 11.5. The lowest BCUT2D eigenvalue weighted by atomic mass is 9.87. The standard InChI is InChI=1S/C11H16O4/c1-11(15,10(14)9(13)7-12)8-5-3-2-4-6-8/h2-6,9-10,12-15H,7H2,1H3. The molecule has 0 saturated carbocycles. The number of hydrogen-bond donors (Lipinski definition) is 4. The molecule has 0 bridgehead atoms. The number of aliphatic hydroxyl groups excluding tert-OH is 3. The average molecular weight is 212 g/mol. The predicted octanol–water partition coefficient (Wildman–Crippen LogP) is -0.392. The molecule has 0 aromatic heterocycles. The van der Waals surface area contributed by atoms with E-state index < -0.39 is 24.4 Å². The molecule has 3 atom stereocenters. The van der Waals surface area contributed by atoms with Crippen molar-refractivity contribution in [3.05, 3.63) is 35.9 Å². The summed E-state index contributed by atoms with van der Waals surface area (Å²) < 4.78 is 0. The van der Waals surface area contributed by atoms with Gasteiger partial charge < -0.3 is 20.4 Å². The maximum Gasteiger partial charge on any atom is 0.115 e. The van der Waals surface area contributed by atoms with Crippen LogP contribution in [0.15, 0.2) is 30.3 Å². The van der Waals surface area contributed by atoms with Gasteiger partial charge in [-0.15, -0.1) is 0 Å². The quantitative estimate of drug-likeness (QED) is 0.548. The molecule has 1 aromatic carbocycles. The van der Waals surface area contributed by atoms with E-state index in [0.717, 1.165) is 0 Å². The summed E-state index contributed by atoms with van der Waals surface area (Å²) in [5, 5.41) is 37.6. The fraction of sp³-hybridized carbons (Fsp3) is 0.455. The van der Waals surface area contributed by atoms with Crippen molar-refractivity contribution in [1.29, 1.82) is 0 Å². The van der Waals surface area contributed by atoms with Crippen molar-refractivity contribution in [1.82, 2.24) is 0 Å². The van der Waals surface area contributed by atoms with Crippen LogP contribution in [-0.2, 0) is 5.60 Å². The number of aliphatic hydroxyl groups is 4. The van der Waals surface area contributed by atoms with Crippen molar-refractivity contribution in [2.75, 3.05) is 6.61 Å². The molecule has 84 valence electrons. The van der Waals surface area contributed by atoms with Gasteiger partial charge in [-0.1, -0.05) is 30.3 Å². The summed E-state index contributed by atoms with van der Waals surface area (Å²) in [6.07, 6.45) is -2.79. The normalized spacial score (nSPS) is 19.3. The molecule has 1 aromatic rings. The molecule has 0 heterocycles. The zero-order valence-electron chi connectivity index (χ0n) is 8.54. The minimum absolute atomic E-state index is 0.491. The fourth-order valence-corrected chi connectivity index (χ4v) is 1.42.